The smallest absolute Gasteiger partial charge is 0.256 e. The molecule has 0 saturated carbocycles. The van der Waals surface area contributed by atoms with Gasteiger partial charge in [0.2, 0.25) is 17.7 Å². The van der Waals surface area contributed by atoms with Crippen LogP contribution in [-0.4, -0.2) is 118 Å². The number of thioether (sulfide) groups is 1. The highest BCUT2D eigenvalue weighted by Gasteiger charge is 2.38. The van der Waals surface area contributed by atoms with Crippen molar-refractivity contribution in [3.05, 3.63) is 12.2 Å². The van der Waals surface area contributed by atoms with E-state index < -0.39 is 52.8 Å². The first kappa shape index (κ1) is 36.8. The van der Waals surface area contributed by atoms with Gasteiger partial charge in [0.1, 0.15) is 12.1 Å². The fourth-order valence-electron chi connectivity index (χ4n) is 3.78. The van der Waals surface area contributed by atoms with Gasteiger partial charge in [-0.3, -0.25) is 19.2 Å². The molecule has 0 heterocycles. The summed E-state index contributed by atoms with van der Waals surface area (Å²) in [5, 5.41) is 22.3. The van der Waals surface area contributed by atoms with Gasteiger partial charge in [0.05, 0.1) is 18.1 Å². The van der Waals surface area contributed by atoms with E-state index in [0.717, 1.165) is 0 Å². The van der Waals surface area contributed by atoms with Crippen molar-refractivity contribution in [2.75, 3.05) is 40.5 Å². The Morgan fingerprint density at radius 1 is 1.08 bits per heavy atom. The van der Waals surface area contributed by atoms with Gasteiger partial charge in [0.15, 0.2) is 5.37 Å². The molecule has 11 nitrogen and oxygen atoms in total. The van der Waals surface area contributed by atoms with Crippen LogP contribution in [0.4, 0.5) is 0 Å². The minimum absolute atomic E-state index is 0.0697. The third kappa shape index (κ3) is 13.7. The maximum atomic E-state index is 13.6. The molecule has 226 valence electrons. The Kier molecular flexibility index (Phi) is 16.6. The SMILES string of the molecule is C/C=C/C[C@@H](C)[C@@H](O)CC(=O)N[C@@H](CC)C(=O)N(C)[C@H](SCCN(C)C)C(=O)N(C)[C@@H](CC(C)(C)O)C(N)=O. The number of nitrogens with zero attached hydrogens (tertiary/aromatic N) is 3. The molecule has 0 aromatic rings. The Morgan fingerprint density at radius 3 is 2.13 bits per heavy atom. The number of allylic oxidation sites excluding steroid dienone is 2. The summed E-state index contributed by atoms with van der Waals surface area (Å²) >= 11 is 1.24. The van der Waals surface area contributed by atoms with E-state index in [2.05, 4.69) is 5.32 Å². The molecule has 0 saturated heterocycles. The van der Waals surface area contributed by atoms with Crippen LogP contribution in [0.5, 0.6) is 0 Å². The highest BCUT2D eigenvalue weighted by atomic mass is 32.2. The fourth-order valence-corrected chi connectivity index (χ4v) is 5.11. The van der Waals surface area contributed by atoms with Crippen molar-refractivity contribution in [2.45, 2.75) is 89.5 Å². The quantitative estimate of drug-likeness (QED) is 0.138. The third-order valence-corrected chi connectivity index (χ3v) is 7.65. The molecule has 0 spiro atoms. The standard InChI is InChI=1S/C27H51N5O6S/c1-10-12-13-18(3)21(33)16-22(34)29-19(11-2)24(36)32(9)26(39-15-14-30(6)7)25(37)31(8)20(23(28)35)17-27(4,5)38/h10,12,18-21,26,33,38H,11,13-17H2,1-9H3,(H2,28,35)(H,29,34)/b12-10+/t18-,19+,20+,21+,26-/m1/s1. The Bertz CT molecular complexity index is 832. The molecule has 0 aliphatic carbocycles. The maximum absolute atomic E-state index is 13.6. The van der Waals surface area contributed by atoms with Crippen LogP contribution in [-0.2, 0) is 19.2 Å². The monoisotopic (exact) mass is 573 g/mol. The number of rotatable bonds is 18. The van der Waals surface area contributed by atoms with Gasteiger partial charge in [-0.1, -0.05) is 26.0 Å². The molecule has 0 aromatic carbocycles. The van der Waals surface area contributed by atoms with Crippen LogP contribution in [0.1, 0.15) is 60.3 Å². The van der Waals surface area contributed by atoms with Crippen molar-refractivity contribution in [2.24, 2.45) is 11.7 Å². The number of hydrogen-bond donors (Lipinski definition) is 4. The van der Waals surface area contributed by atoms with Gasteiger partial charge in [-0.25, -0.2) is 0 Å². The van der Waals surface area contributed by atoms with Crippen molar-refractivity contribution >= 4 is 35.4 Å². The molecule has 0 fully saturated rings. The van der Waals surface area contributed by atoms with E-state index in [-0.39, 0.29) is 25.2 Å². The summed E-state index contributed by atoms with van der Waals surface area (Å²) in [5.74, 6) is -1.82. The first-order valence-corrected chi connectivity index (χ1v) is 14.4. The van der Waals surface area contributed by atoms with Crippen molar-refractivity contribution in [1.82, 2.24) is 20.0 Å². The van der Waals surface area contributed by atoms with E-state index in [1.165, 1.54) is 49.5 Å². The van der Waals surface area contributed by atoms with Crippen molar-refractivity contribution in [3.8, 4) is 0 Å². The third-order valence-electron chi connectivity index (χ3n) is 6.40. The predicted molar refractivity (Wildman–Crippen MR) is 156 cm³/mol. The van der Waals surface area contributed by atoms with Gasteiger partial charge >= 0.3 is 0 Å². The Labute approximate surface area is 238 Å². The lowest BCUT2D eigenvalue weighted by molar-refractivity contribution is -0.146. The zero-order chi connectivity index (χ0) is 30.5. The Morgan fingerprint density at radius 2 is 1.67 bits per heavy atom. The molecule has 0 aliphatic heterocycles. The van der Waals surface area contributed by atoms with Gasteiger partial charge in [-0.05, 0) is 53.6 Å². The molecule has 12 heteroatoms. The molecule has 0 rings (SSSR count). The first-order chi connectivity index (χ1) is 18.0. The van der Waals surface area contributed by atoms with Crippen molar-refractivity contribution < 1.29 is 29.4 Å². The molecule has 0 aromatic heterocycles. The molecule has 5 atom stereocenters. The number of carbonyl (C=O) groups excluding carboxylic acids is 4. The molecule has 0 aliphatic rings. The molecule has 4 amide bonds. The number of carbonyl (C=O) groups is 4. The molecule has 39 heavy (non-hydrogen) atoms. The number of hydrogen-bond acceptors (Lipinski definition) is 8. The van der Waals surface area contributed by atoms with E-state index in [4.69, 9.17) is 5.73 Å². The summed E-state index contributed by atoms with van der Waals surface area (Å²) in [6, 6.07) is -1.98. The molecule has 5 N–H and O–H groups in total. The number of amides is 4. The van der Waals surface area contributed by atoms with Crippen LogP contribution in [0.15, 0.2) is 12.2 Å². The van der Waals surface area contributed by atoms with Crippen LogP contribution >= 0.6 is 11.8 Å². The van der Waals surface area contributed by atoms with Crippen molar-refractivity contribution in [3.63, 3.8) is 0 Å². The van der Waals surface area contributed by atoms with Crippen LogP contribution in [0.25, 0.3) is 0 Å². The maximum Gasteiger partial charge on any atom is 0.256 e. The zero-order valence-corrected chi connectivity index (χ0v) is 26.0. The average molecular weight is 574 g/mol. The van der Waals surface area contributed by atoms with Crippen LogP contribution in [0.2, 0.25) is 0 Å². The normalized spacial score (nSPS) is 15.9. The average Bonchev–Trinajstić information content (AvgIpc) is 2.84. The van der Waals surface area contributed by atoms with E-state index in [0.29, 0.717) is 18.7 Å². The first-order valence-electron chi connectivity index (χ1n) is 13.4. The van der Waals surface area contributed by atoms with Crippen molar-refractivity contribution in [1.29, 1.82) is 0 Å². The predicted octanol–water partition coefficient (Wildman–Crippen LogP) is 0.787. The number of aliphatic hydroxyl groups is 2. The van der Waals surface area contributed by atoms with Gasteiger partial charge in [0.25, 0.3) is 5.91 Å². The number of primary amides is 1. The summed E-state index contributed by atoms with van der Waals surface area (Å²) in [6.07, 6.45) is 3.63. The second-order valence-corrected chi connectivity index (χ2v) is 12.1. The molecular formula is C27H51N5O6S. The second-order valence-electron chi connectivity index (χ2n) is 10.9. The highest BCUT2D eigenvalue weighted by molar-refractivity contribution is 8.00. The van der Waals surface area contributed by atoms with E-state index in [9.17, 15) is 29.4 Å². The molecule has 0 radical (unpaired) electrons. The molecular weight excluding hydrogens is 522 g/mol. The van der Waals surface area contributed by atoms with Gasteiger partial charge in [-0.15, -0.1) is 11.8 Å². The van der Waals surface area contributed by atoms with Crippen LogP contribution < -0.4 is 11.1 Å². The van der Waals surface area contributed by atoms with Crippen LogP contribution in [0, 0.1) is 5.92 Å². The van der Waals surface area contributed by atoms with Gasteiger partial charge < -0.3 is 36.0 Å². The fraction of sp³-hybridized carbons (Fsp3) is 0.778. The largest absolute Gasteiger partial charge is 0.392 e. The number of likely N-dealkylation sites (N-methyl/N-ethyl adjacent to an activating group) is 2. The minimum Gasteiger partial charge on any atom is -0.392 e. The second kappa shape index (κ2) is 17.5. The lowest BCUT2D eigenvalue weighted by Gasteiger charge is -2.36. The summed E-state index contributed by atoms with van der Waals surface area (Å²) in [5.41, 5.74) is 4.31. The zero-order valence-electron chi connectivity index (χ0n) is 25.1. The van der Waals surface area contributed by atoms with Gasteiger partial charge in [-0.2, -0.15) is 0 Å². The topological polar surface area (TPSA) is 157 Å². The number of nitrogens with two attached hydrogens (primary N) is 1. The summed E-state index contributed by atoms with van der Waals surface area (Å²) in [4.78, 5) is 56.3. The summed E-state index contributed by atoms with van der Waals surface area (Å²) in [6.45, 7) is 9.16. The van der Waals surface area contributed by atoms with E-state index >= 15 is 0 Å². The minimum atomic E-state index is -1.25. The summed E-state index contributed by atoms with van der Waals surface area (Å²) < 4.78 is 0. The lowest BCUT2D eigenvalue weighted by atomic mass is 9.97. The molecule has 0 unspecified atom stereocenters. The van der Waals surface area contributed by atoms with Gasteiger partial charge in [0, 0.05) is 32.8 Å². The van der Waals surface area contributed by atoms with Crippen LogP contribution in [0.3, 0.4) is 0 Å². The summed E-state index contributed by atoms with van der Waals surface area (Å²) in [7, 11) is 6.69. The Balaban J connectivity index is 5.79. The highest BCUT2D eigenvalue weighted by Crippen LogP contribution is 2.22. The molecule has 0 bridgehead atoms. The lowest BCUT2D eigenvalue weighted by Crippen LogP contribution is -2.57. The number of aliphatic hydroxyl groups excluding tert-OH is 1. The number of nitrogens with one attached hydrogen (secondary N) is 1. The van der Waals surface area contributed by atoms with E-state index in [1.54, 1.807) is 6.92 Å². The Hall–Kier alpha value is -2.15. The van der Waals surface area contributed by atoms with E-state index in [1.807, 2.05) is 45.0 Å².